The number of nitrogens with zero attached hydrogens (tertiary/aromatic N) is 1. The van der Waals surface area contributed by atoms with Crippen LogP contribution in [0.3, 0.4) is 0 Å². The summed E-state index contributed by atoms with van der Waals surface area (Å²) in [6.07, 6.45) is -3.34. The molecule has 0 aliphatic carbocycles. The van der Waals surface area contributed by atoms with E-state index in [1.807, 2.05) is 0 Å². The number of rotatable bonds is 2. The molecular formula is C15H13F3N2O. The Kier molecular flexibility index (Phi) is 3.20. The van der Waals surface area contributed by atoms with Crippen molar-refractivity contribution in [1.82, 2.24) is 10.3 Å². The molecule has 2 aromatic rings. The number of hydrogen-bond acceptors (Lipinski definition) is 3. The van der Waals surface area contributed by atoms with Crippen LogP contribution in [-0.2, 0) is 0 Å². The van der Waals surface area contributed by atoms with Crippen molar-refractivity contribution in [1.29, 1.82) is 0 Å². The smallest absolute Gasteiger partial charge is 0.315 e. The largest absolute Gasteiger partial charge is 0.402 e. The molecular weight excluding hydrogens is 281 g/mol. The summed E-state index contributed by atoms with van der Waals surface area (Å²) in [7, 11) is 0. The molecule has 1 N–H and O–H groups in total. The number of benzene rings is 1. The van der Waals surface area contributed by atoms with E-state index in [9.17, 15) is 18.0 Å². The van der Waals surface area contributed by atoms with E-state index >= 15 is 0 Å². The molecule has 1 aromatic carbocycles. The first-order chi connectivity index (χ1) is 9.96. The molecule has 6 heteroatoms. The molecule has 3 nitrogen and oxygen atoms in total. The van der Waals surface area contributed by atoms with Crippen molar-refractivity contribution in [3.63, 3.8) is 0 Å². The van der Waals surface area contributed by atoms with Crippen LogP contribution in [0.1, 0.15) is 16.8 Å². The van der Waals surface area contributed by atoms with Gasteiger partial charge in [0.15, 0.2) is 5.78 Å². The Morgan fingerprint density at radius 3 is 2.67 bits per heavy atom. The Morgan fingerprint density at radius 2 is 2.00 bits per heavy atom. The SMILES string of the molecule is O=C(c1cccc2cccnc12)C1(C(F)(F)F)CCNC1. The first kappa shape index (κ1) is 14.0. The number of aromatic nitrogens is 1. The third-order valence-corrected chi connectivity index (χ3v) is 4.01. The van der Waals surface area contributed by atoms with E-state index < -0.39 is 17.4 Å². The Morgan fingerprint density at radius 1 is 1.24 bits per heavy atom. The standard InChI is InChI=1S/C15H13F3N2O/c16-15(17,18)14(6-8-19-9-14)13(21)11-5-1-3-10-4-2-7-20-12(10)11/h1-5,7,19H,6,8-9H2. The average Bonchev–Trinajstić information content (AvgIpc) is 2.96. The number of para-hydroxylation sites is 1. The minimum atomic E-state index is -4.58. The van der Waals surface area contributed by atoms with Gasteiger partial charge in [0, 0.05) is 23.7 Å². The van der Waals surface area contributed by atoms with Crippen LogP contribution in [0.2, 0.25) is 0 Å². The van der Waals surface area contributed by atoms with Crippen LogP contribution in [0.5, 0.6) is 0 Å². The van der Waals surface area contributed by atoms with Gasteiger partial charge in [-0.1, -0.05) is 18.2 Å². The normalized spacial score (nSPS) is 22.6. The van der Waals surface area contributed by atoms with Crippen LogP contribution in [-0.4, -0.2) is 30.0 Å². The van der Waals surface area contributed by atoms with Crippen molar-refractivity contribution in [3.8, 4) is 0 Å². The summed E-state index contributed by atoms with van der Waals surface area (Å²) in [5.41, 5.74) is -1.99. The van der Waals surface area contributed by atoms with Crippen molar-refractivity contribution in [3.05, 3.63) is 42.1 Å². The van der Waals surface area contributed by atoms with Gasteiger partial charge in [-0.3, -0.25) is 9.78 Å². The molecule has 1 atom stereocenters. The summed E-state index contributed by atoms with van der Waals surface area (Å²) in [5, 5.41) is 3.32. The molecule has 2 heterocycles. The first-order valence-corrected chi connectivity index (χ1v) is 6.62. The van der Waals surface area contributed by atoms with Gasteiger partial charge < -0.3 is 5.32 Å². The fraction of sp³-hybridized carbons (Fsp3) is 0.333. The molecule has 1 aliphatic rings. The summed E-state index contributed by atoms with van der Waals surface area (Å²) >= 11 is 0. The fourth-order valence-electron chi connectivity index (χ4n) is 2.80. The number of carbonyl (C=O) groups excluding carboxylic acids is 1. The van der Waals surface area contributed by atoms with E-state index in [4.69, 9.17) is 0 Å². The second kappa shape index (κ2) is 4.80. The molecule has 21 heavy (non-hydrogen) atoms. The van der Waals surface area contributed by atoms with E-state index in [1.54, 1.807) is 24.3 Å². The number of carbonyl (C=O) groups is 1. The number of nitrogens with one attached hydrogen (secondary N) is 1. The topological polar surface area (TPSA) is 42.0 Å². The summed E-state index contributed by atoms with van der Waals surface area (Å²) < 4.78 is 40.4. The van der Waals surface area contributed by atoms with E-state index in [0.717, 1.165) is 0 Å². The van der Waals surface area contributed by atoms with Crippen molar-refractivity contribution < 1.29 is 18.0 Å². The van der Waals surface area contributed by atoms with Gasteiger partial charge in [-0.05, 0) is 25.1 Å². The lowest BCUT2D eigenvalue weighted by Crippen LogP contribution is -2.46. The van der Waals surface area contributed by atoms with Crippen LogP contribution in [0.4, 0.5) is 13.2 Å². The summed E-state index contributed by atoms with van der Waals surface area (Å²) in [6, 6.07) is 8.15. The lowest BCUT2D eigenvalue weighted by Gasteiger charge is -2.29. The Hall–Kier alpha value is -1.95. The van der Waals surface area contributed by atoms with Gasteiger partial charge in [-0.2, -0.15) is 13.2 Å². The minimum absolute atomic E-state index is 0.0362. The monoisotopic (exact) mass is 294 g/mol. The van der Waals surface area contributed by atoms with Crippen molar-refractivity contribution >= 4 is 16.7 Å². The molecule has 1 aliphatic heterocycles. The van der Waals surface area contributed by atoms with Gasteiger partial charge in [0.2, 0.25) is 0 Å². The fourth-order valence-corrected chi connectivity index (χ4v) is 2.80. The number of ketones is 1. The highest BCUT2D eigenvalue weighted by Crippen LogP contribution is 2.45. The third-order valence-electron chi connectivity index (χ3n) is 4.01. The molecule has 0 saturated carbocycles. The van der Waals surface area contributed by atoms with Crippen molar-refractivity contribution in [2.45, 2.75) is 12.6 Å². The molecule has 1 unspecified atom stereocenters. The lowest BCUT2D eigenvalue weighted by molar-refractivity contribution is -0.197. The van der Waals surface area contributed by atoms with Crippen molar-refractivity contribution in [2.24, 2.45) is 5.41 Å². The summed E-state index contributed by atoms with van der Waals surface area (Å²) in [6.45, 7) is -0.192. The van der Waals surface area contributed by atoms with Crippen LogP contribution in [0.25, 0.3) is 10.9 Å². The quantitative estimate of drug-likeness (QED) is 0.866. The maximum absolute atomic E-state index is 13.5. The van der Waals surface area contributed by atoms with E-state index in [2.05, 4.69) is 10.3 Å². The average molecular weight is 294 g/mol. The van der Waals surface area contributed by atoms with E-state index in [1.165, 1.54) is 12.3 Å². The summed E-state index contributed by atoms with van der Waals surface area (Å²) in [5.74, 6) is -0.899. The highest BCUT2D eigenvalue weighted by atomic mass is 19.4. The zero-order valence-electron chi connectivity index (χ0n) is 11.1. The Labute approximate surface area is 119 Å². The van der Waals surface area contributed by atoms with Gasteiger partial charge in [0.25, 0.3) is 0 Å². The molecule has 0 spiro atoms. The maximum Gasteiger partial charge on any atom is 0.402 e. The zero-order chi connectivity index (χ0) is 15.1. The maximum atomic E-state index is 13.5. The number of pyridine rings is 1. The van der Waals surface area contributed by atoms with Gasteiger partial charge >= 0.3 is 6.18 Å². The number of Topliss-reactive ketones (excluding diaryl/α,β-unsaturated/α-hetero) is 1. The molecule has 1 aromatic heterocycles. The lowest BCUT2D eigenvalue weighted by atomic mass is 9.78. The highest BCUT2D eigenvalue weighted by molar-refractivity contribution is 6.10. The predicted molar refractivity (Wildman–Crippen MR) is 72.0 cm³/mol. The molecule has 0 radical (unpaired) electrons. The number of hydrogen-bond donors (Lipinski definition) is 1. The van der Waals surface area contributed by atoms with Crippen LogP contribution >= 0.6 is 0 Å². The molecule has 3 rings (SSSR count). The van der Waals surface area contributed by atoms with Crippen LogP contribution < -0.4 is 5.32 Å². The van der Waals surface area contributed by atoms with Gasteiger partial charge in [0.05, 0.1) is 5.52 Å². The molecule has 110 valence electrons. The minimum Gasteiger partial charge on any atom is -0.315 e. The number of halogens is 3. The van der Waals surface area contributed by atoms with Crippen LogP contribution in [0, 0.1) is 5.41 Å². The van der Waals surface area contributed by atoms with Crippen molar-refractivity contribution in [2.75, 3.05) is 13.1 Å². The predicted octanol–water partition coefficient (Wildman–Crippen LogP) is 2.96. The highest BCUT2D eigenvalue weighted by Gasteiger charge is 2.61. The number of alkyl halides is 3. The van der Waals surface area contributed by atoms with E-state index in [0.29, 0.717) is 10.9 Å². The zero-order valence-corrected chi connectivity index (χ0v) is 11.1. The van der Waals surface area contributed by atoms with E-state index in [-0.39, 0.29) is 25.1 Å². The van der Waals surface area contributed by atoms with Gasteiger partial charge in [-0.25, -0.2) is 0 Å². The third kappa shape index (κ3) is 2.10. The molecule has 0 amide bonds. The van der Waals surface area contributed by atoms with Gasteiger partial charge in [-0.15, -0.1) is 0 Å². The van der Waals surface area contributed by atoms with Crippen LogP contribution in [0.15, 0.2) is 36.5 Å². The first-order valence-electron chi connectivity index (χ1n) is 6.62. The summed E-state index contributed by atoms with van der Waals surface area (Å²) in [4.78, 5) is 16.7. The number of fused-ring (bicyclic) bond motifs is 1. The molecule has 0 bridgehead atoms. The Bertz CT molecular complexity index is 685. The second-order valence-corrected chi connectivity index (χ2v) is 5.22. The molecule has 1 saturated heterocycles. The Balaban J connectivity index is 2.16. The molecule has 1 fully saturated rings. The van der Waals surface area contributed by atoms with Gasteiger partial charge in [0.1, 0.15) is 5.41 Å². The second-order valence-electron chi connectivity index (χ2n) is 5.22.